The van der Waals surface area contributed by atoms with Crippen molar-refractivity contribution in [2.45, 2.75) is 20.3 Å². The molecule has 2 aliphatic heterocycles. The molecule has 0 unspecified atom stereocenters. The van der Waals surface area contributed by atoms with Crippen LogP contribution < -0.4 is 10.7 Å². The van der Waals surface area contributed by atoms with E-state index in [2.05, 4.69) is 46.8 Å². The van der Waals surface area contributed by atoms with Crippen LogP contribution in [0.5, 0.6) is 0 Å². The van der Waals surface area contributed by atoms with Crippen molar-refractivity contribution in [3.05, 3.63) is 58.7 Å². The van der Waals surface area contributed by atoms with Crippen molar-refractivity contribution in [1.29, 1.82) is 0 Å². The van der Waals surface area contributed by atoms with Crippen molar-refractivity contribution in [2.24, 2.45) is 10.1 Å². The fourth-order valence-electron chi connectivity index (χ4n) is 2.84. The number of carbonyl (C=O) groups is 1. The topological polar surface area (TPSA) is 65.8 Å². The number of amidine groups is 1. The van der Waals surface area contributed by atoms with Crippen molar-refractivity contribution < 1.29 is 4.79 Å². The second-order valence-corrected chi connectivity index (χ2v) is 7.21. The summed E-state index contributed by atoms with van der Waals surface area (Å²) in [5.74, 6) is 0.796. The van der Waals surface area contributed by atoms with Crippen LogP contribution in [0.4, 0.5) is 11.4 Å². The van der Waals surface area contributed by atoms with Crippen LogP contribution in [-0.4, -0.2) is 22.5 Å². The van der Waals surface area contributed by atoms with Gasteiger partial charge in [-0.25, -0.2) is 4.99 Å². The van der Waals surface area contributed by atoms with Crippen LogP contribution in [0, 0.1) is 13.8 Å². The van der Waals surface area contributed by atoms with Gasteiger partial charge >= 0.3 is 0 Å². The zero-order chi connectivity index (χ0) is 17.4. The van der Waals surface area contributed by atoms with Crippen LogP contribution >= 0.6 is 11.8 Å². The van der Waals surface area contributed by atoms with Gasteiger partial charge in [0.2, 0.25) is 5.91 Å². The van der Waals surface area contributed by atoms with E-state index in [0.717, 1.165) is 39.1 Å². The SMILES string of the molecule is Cc1ccc(N=C2NN=C(c3ccc4c(c3)CC(=O)N4)CS2)cc1C. The molecule has 0 aromatic heterocycles. The molecule has 2 aromatic carbocycles. The number of amides is 1. The van der Waals surface area contributed by atoms with Gasteiger partial charge in [-0.05, 0) is 60.4 Å². The number of nitrogens with zero attached hydrogens (tertiary/aromatic N) is 2. The Kier molecular flexibility index (Phi) is 4.05. The molecule has 1 amide bonds. The van der Waals surface area contributed by atoms with Gasteiger partial charge in [0.05, 0.1) is 17.8 Å². The lowest BCUT2D eigenvalue weighted by Gasteiger charge is -2.15. The molecular weight excluding hydrogens is 332 g/mol. The monoisotopic (exact) mass is 350 g/mol. The molecular formula is C19H18N4OS. The second-order valence-electron chi connectivity index (χ2n) is 6.24. The summed E-state index contributed by atoms with van der Waals surface area (Å²) in [7, 11) is 0. The summed E-state index contributed by atoms with van der Waals surface area (Å²) in [6.07, 6.45) is 0.441. The lowest BCUT2D eigenvalue weighted by atomic mass is 10.1. The first-order chi connectivity index (χ1) is 12.1. The molecule has 2 aromatic rings. The third-order valence-electron chi connectivity index (χ3n) is 4.42. The van der Waals surface area contributed by atoms with Gasteiger partial charge < -0.3 is 5.32 Å². The highest BCUT2D eigenvalue weighted by molar-refractivity contribution is 8.14. The first-order valence-corrected chi connectivity index (χ1v) is 9.11. The summed E-state index contributed by atoms with van der Waals surface area (Å²) in [6.45, 7) is 4.18. The molecule has 2 N–H and O–H groups in total. The van der Waals surface area contributed by atoms with E-state index < -0.39 is 0 Å². The van der Waals surface area contributed by atoms with Gasteiger partial charge in [-0.2, -0.15) is 5.10 Å². The molecule has 0 saturated carbocycles. The van der Waals surface area contributed by atoms with Gasteiger partial charge in [0, 0.05) is 11.4 Å². The number of thioether (sulfide) groups is 1. The van der Waals surface area contributed by atoms with E-state index in [4.69, 9.17) is 0 Å². The highest BCUT2D eigenvalue weighted by Gasteiger charge is 2.20. The quantitative estimate of drug-likeness (QED) is 0.871. The van der Waals surface area contributed by atoms with Crippen LogP contribution in [0.15, 0.2) is 46.5 Å². The first kappa shape index (κ1) is 15.9. The summed E-state index contributed by atoms with van der Waals surface area (Å²) >= 11 is 1.63. The normalized spacial score (nSPS) is 17.8. The molecule has 4 rings (SSSR count). The zero-order valence-electron chi connectivity index (χ0n) is 14.1. The lowest BCUT2D eigenvalue weighted by Crippen LogP contribution is -2.25. The number of nitrogens with one attached hydrogen (secondary N) is 2. The first-order valence-electron chi connectivity index (χ1n) is 8.13. The summed E-state index contributed by atoms with van der Waals surface area (Å²) in [4.78, 5) is 16.1. The van der Waals surface area contributed by atoms with Crippen molar-refractivity contribution in [3.63, 3.8) is 0 Å². The van der Waals surface area contributed by atoms with Gasteiger partial charge in [0.15, 0.2) is 5.17 Å². The Hall–Kier alpha value is -2.60. The van der Waals surface area contributed by atoms with Crippen molar-refractivity contribution in [2.75, 3.05) is 11.1 Å². The molecule has 0 saturated heterocycles. The molecule has 0 radical (unpaired) electrons. The average Bonchev–Trinajstić information content (AvgIpc) is 2.98. The highest BCUT2D eigenvalue weighted by atomic mass is 32.2. The summed E-state index contributed by atoms with van der Waals surface area (Å²) < 4.78 is 0. The van der Waals surface area contributed by atoms with Gasteiger partial charge in [-0.15, -0.1) is 0 Å². The number of hydrazone groups is 1. The maximum atomic E-state index is 11.5. The van der Waals surface area contributed by atoms with E-state index in [1.54, 1.807) is 11.8 Å². The minimum atomic E-state index is 0.0491. The van der Waals surface area contributed by atoms with E-state index in [1.807, 2.05) is 24.3 Å². The Morgan fingerprint density at radius 2 is 2.00 bits per heavy atom. The Morgan fingerprint density at radius 1 is 1.12 bits per heavy atom. The summed E-state index contributed by atoms with van der Waals surface area (Å²) in [5, 5.41) is 8.12. The molecule has 2 aliphatic rings. The van der Waals surface area contributed by atoms with Crippen LogP contribution in [0.25, 0.3) is 0 Å². The van der Waals surface area contributed by atoms with Crippen LogP contribution in [-0.2, 0) is 11.2 Å². The molecule has 25 heavy (non-hydrogen) atoms. The predicted molar refractivity (Wildman–Crippen MR) is 104 cm³/mol. The third kappa shape index (κ3) is 3.30. The number of fused-ring (bicyclic) bond motifs is 1. The standard InChI is InChI=1S/C19H18N4OS/c1-11-3-5-15(7-12(11)2)20-19-23-22-17(10-25-19)13-4-6-16-14(8-13)9-18(24)21-16/h3-8H,9-10H2,1-2H3,(H,20,23)(H,21,24). The molecule has 0 atom stereocenters. The van der Waals surface area contributed by atoms with Crippen LogP contribution in [0.3, 0.4) is 0 Å². The number of anilines is 1. The predicted octanol–water partition coefficient (Wildman–Crippen LogP) is 3.53. The number of hydrogen-bond acceptors (Lipinski definition) is 4. The smallest absolute Gasteiger partial charge is 0.228 e. The Bertz CT molecular complexity index is 933. The largest absolute Gasteiger partial charge is 0.326 e. The fraction of sp³-hybridized carbons (Fsp3) is 0.211. The van der Waals surface area contributed by atoms with E-state index >= 15 is 0 Å². The van der Waals surface area contributed by atoms with Gasteiger partial charge in [-0.3, -0.25) is 10.2 Å². The van der Waals surface area contributed by atoms with Gasteiger partial charge in [-0.1, -0.05) is 23.9 Å². The molecule has 0 bridgehead atoms. The Labute approximate surface area is 150 Å². The lowest BCUT2D eigenvalue weighted by molar-refractivity contribution is -0.115. The van der Waals surface area contributed by atoms with E-state index in [0.29, 0.717) is 6.42 Å². The summed E-state index contributed by atoms with van der Waals surface area (Å²) in [6, 6.07) is 12.2. The van der Waals surface area contributed by atoms with E-state index in [-0.39, 0.29) is 5.91 Å². The number of carbonyl (C=O) groups excluding carboxylic acids is 1. The molecule has 126 valence electrons. The van der Waals surface area contributed by atoms with Crippen molar-refractivity contribution in [1.82, 2.24) is 5.43 Å². The van der Waals surface area contributed by atoms with Gasteiger partial charge in [0.25, 0.3) is 0 Å². The molecule has 0 spiro atoms. The fourth-order valence-corrected chi connectivity index (χ4v) is 3.63. The van der Waals surface area contributed by atoms with Crippen molar-refractivity contribution >= 4 is 39.9 Å². The van der Waals surface area contributed by atoms with Crippen molar-refractivity contribution in [3.8, 4) is 0 Å². The summed E-state index contributed by atoms with van der Waals surface area (Å²) in [5.41, 5.74) is 10.4. The number of aliphatic imine (C=N–C) groups is 1. The zero-order valence-corrected chi connectivity index (χ0v) is 14.9. The average molecular weight is 350 g/mol. The van der Waals surface area contributed by atoms with Crippen LogP contribution in [0.2, 0.25) is 0 Å². The third-order valence-corrected chi connectivity index (χ3v) is 5.29. The van der Waals surface area contributed by atoms with E-state index in [1.165, 1.54) is 11.1 Å². The maximum absolute atomic E-state index is 11.5. The Morgan fingerprint density at radius 3 is 2.76 bits per heavy atom. The number of hydrogen-bond donors (Lipinski definition) is 2. The molecule has 0 aliphatic carbocycles. The second kappa shape index (κ2) is 6.37. The van der Waals surface area contributed by atoms with Crippen LogP contribution in [0.1, 0.15) is 22.3 Å². The molecule has 0 fully saturated rings. The molecule has 5 nitrogen and oxygen atoms in total. The number of aryl methyl sites for hydroxylation is 2. The Balaban J connectivity index is 1.52. The maximum Gasteiger partial charge on any atom is 0.228 e. The van der Waals surface area contributed by atoms with Gasteiger partial charge in [0.1, 0.15) is 0 Å². The number of rotatable bonds is 2. The molecule has 6 heteroatoms. The van der Waals surface area contributed by atoms with E-state index in [9.17, 15) is 4.79 Å². The number of benzene rings is 2. The molecule has 2 heterocycles. The highest BCUT2D eigenvalue weighted by Crippen LogP contribution is 2.26. The minimum Gasteiger partial charge on any atom is -0.326 e. The minimum absolute atomic E-state index is 0.0491.